The molecule has 1 aliphatic rings. The van der Waals surface area contributed by atoms with Gasteiger partial charge < -0.3 is 10.2 Å². The minimum atomic E-state index is -0.750. The number of aryl methyl sites for hydroxylation is 1. The van der Waals surface area contributed by atoms with Crippen molar-refractivity contribution in [2.45, 2.75) is 64.0 Å². The molecule has 0 aliphatic heterocycles. The zero-order valence-corrected chi connectivity index (χ0v) is 20.6. The van der Waals surface area contributed by atoms with Crippen molar-refractivity contribution < 1.29 is 9.59 Å². The first-order valence-corrected chi connectivity index (χ1v) is 13.1. The fourth-order valence-corrected chi connectivity index (χ4v) is 5.39. The van der Waals surface area contributed by atoms with Gasteiger partial charge in [0.1, 0.15) is 0 Å². The zero-order valence-electron chi connectivity index (χ0n) is 19.8. The van der Waals surface area contributed by atoms with Gasteiger partial charge >= 0.3 is 0 Å². The molecular weight excluding hydrogens is 442 g/mol. The number of amides is 2. The van der Waals surface area contributed by atoms with Gasteiger partial charge in [-0.05, 0) is 60.9 Å². The number of nitrogens with one attached hydrogen (secondary N) is 1. The van der Waals surface area contributed by atoms with Gasteiger partial charge in [0.05, 0.1) is 12.1 Å². The van der Waals surface area contributed by atoms with Crippen LogP contribution in [-0.2, 0) is 22.4 Å². The highest BCUT2D eigenvalue weighted by Crippen LogP contribution is 2.25. The van der Waals surface area contributed by atoms with Crippen molar-refractivity contribution in [3.63, 3.8) is 0 Å². The highest BCUT2D eigenvalue weighted by Gasteiger charge is 2.33. The number of carbonyl (C=O) groups is 2. The van der Waals surface area contributed by atoms with Crippen LogP contribution in [0.3, 0.4) is 0 Å². The topological polar surface area (TPSA) is 62.3 Å². The lowest BCUT2D eigenvalue weighted by Gasteiger charge is -2.33. The Morgan fingerprint density at radius 3 is 2.56 bits per heavy atom. The predicted molar refractivity (Wildman–Crippen MR) is 137 cm³/mol. The van der Waals surface area contributed by atoms with Crippen molar-refractivity contribution in [1.82, 2.24) is 15.2 Å². The van der Waals surface area contributed by atoms with E-state index in [0.717, 1.165) is 30.6 Å². The Bertz CT molecular complexity index is 1060. The summed E-state index contributed by atoms with van der Waals surface area (Å²) in [6, 6.07) is 17.1. The summed E-state index contributed by atoms with van der Waals surface area (Å²) in [5, 5.41) is 5.23. The van der Waals surface area contributed by atoms with E-state index in [1.807, 2.05) is 47.8 Å². The SMILES string of the molecule is Cc1ccccc1CCN(C(=O)Cc1cccs1)C(C(=O)NC1CCCCC1)c1ccccn1. The Morgan fingerprint density at radius 1 is 1.06 bits per heavy atom. The highest BCUT2D eigenvalue weighted by molar-refractivity contribution is 7.10. The lowest BCUT2D eigenvalue weighted by Crippen LogP contribution is -2.48. The van der Waals surface area contributed by atoms with Gasteiger partial charge in [0.2, 0.25) is 11.8 Å². The summed E-state index contributed by atoms with van der Waals surface area (Å²) in [7, 11) is 0. The largest absolute Gasteiger partial charge is 0.351 e. The Morgan fingerprint density at radius 2 is 1.85 bits per heavy atom. The quantitative estimate of drug-likeness (QED) is 0.459. The summed E-state index contributed by atoms with van der Waals surface area (Å²) < 4.78 is 0. The standard InChI is InChI=1S/C28H33N3O2S/c1-21-10-5-6-11-22(21)16-18-31(26(32)20-24-14-9-19-34-24)27(25-15-7-8-17-29-25)28(33)30-23-12-3-2-4-13-23/h5-11,14-15,17,19,23,27H,2-4,12-13,16,18,20H2,1H3,(H,30,33). The Balaban J connectivity index is 1.63. The molecule has 6 heteroatoms. The second-order valence-electron chi connectivity index (χ2n) is 9.02. The molecule has 2 heterocycles. The van der Waals surface area contributed by atoms with Gasteiger partial charge in [-0.2, -0.15) is 0 Å². The van der Waals surface area contributed by atoms with Crippen LogP contribution < -0.4 is 5.32 Å². The van der Waals surface area contributed by atoms with E-state index in [9.17, 15) is 9.59 Å². The average molecular weight is 476 g/mol. The third-order valence-corrected chi connectivity index (χ3v) is 7.47. The number of aromatic nitrogens is 1. The number of thiophene rings is 1. The molecule has 0 radical (unpaired) electrons. The lowest BCUT2D eigenvalue weighted by molar-refractivity contribution is -0.141. The molecule has 1 atom stereocenters. The molecule has 2 aromatic heterocycles. The molecule has 1 unspecified atom stereocenters. The fourth-order valence-electron chi connectivity index (χ4n) is 4.69. The summed E-state index contributed by atoms with van der Waals surface area (Å²) in [6.45, 7) is 2.54. The highest BCUT2D eigenvalue weighted by atomic mass is 32.1. The minimum absolute atomic E-state index is 0.0505. The Kier molecular flexibility index (Phi) is 8.47. The lowest BCUT2D eigenvalue weighted by atomic mass is 9.95. The molecule has 0 bridgehead atoms. The predicted octanol–water partition coefficient (Wildman–Crippen LogP) is 5.26. The van der Waals surface area contributed by atoms with E-state index in [1.54, 1.807) is 22.4 Å². The van der Waals surface area contributed by atoms with E-state index in [0.29, 0.717) is 18.7 Å². The van der Waals surface area contributed by atoms with Crippen LogP contribution in [0.1, 0.15) is 59.8 Å². The van der Waals surface area contributed by atoms with Gasteiger partial charge in [0.15, 0.2) is 6.04 Å². The molecular formula is C28H33N3O2S. The molecule has 1 aliphatic carbocycles. The number of hydrogen-bond acceptors (Lipinski definition) is 4. The zero-order chi connectivity index (χ0) is 23.8. The second-order valence-corrected chi connectivity index (χ2v) is 10.1. The van der Waals surface area contributed by atoms with E-state index < -0.39 is 6.04 Å². The molecule has 1 saturated carbocycles. The van der Waals surface area contributed by atoms with E-state index >= 15 is 0 Å². The number of hydrogen-bond donors (Lipinski definition) is 1. The van der Waals surface area contributed by atoms with Crippen molar-refractivity contribution in [2.75, 3.05) is 6.54 Å². The summed E-state index contributed by atoms with van der Waals surface area (Å²) in [5.74, 6) is -0.180. The molecule has 0 spiro atoms. The Labute approximate surface area is 206 Å². The monoisotopic (exact) mass is 475 g/mol. The molecule has 5 nitrogen and oxygen atoms in total. The second kappa shape index (κ2) is 11.9. The fraction of sp³-hybridized carbons (Fsp3) is 0.393. The number of nitrogens with zero attached hydrogens (tertiary/aromatic N) is 2. The van der Waals surface area contributed by atoms with Crippen LogP contribution in [0.5, 0.6) is 0 Å². The number of benzene rings is 1. The number of rotatable bonds is 9. The van der Waals surface area contributed by atoms with Crippen molar-refractivity contribution >= 4 is 23.2 Å². The maximum atomic E-state index is 13.7. The molecule has 2 amide bonds. The Hall–Kier alpha value is -2.99. The van der Waals surface area contributed by atoms with Crippen molar-refractivity contribution in [1.29, 1.82) is 0 Å². The molecule has 34 heavy (non-hydrogen) atoms. The average Bonchev–Trinajstić information content (AvgIpc) is 3.36. The molecule has 178 valence electrons. The van der Waals surface area contributed by atoms with Crippen LogP contribution in [0.2, 0.25) is 0 Å². The van der Waals surface area contributed by atoms with Gasteiger partial charge in [0.25, 0.3) is 0 Å². The minimum Gasteiger partial charge on any atom is -0.351 e. The van der Waals surface area contributed by atoms with Crippen LogP contribution in [0.15, 0.2) is 66.2 Å². The van der Waals surface area contributed by atoms with Crippen LogP contribution in [0.4, 0.5) is 0 Å². The van der Waals surface area contributed by atoms with Crippen LogP contribution in [0.25, 0.3) is 0 Å². The van der Waals surface area contributed by atoms with Crippen molar-refractivity contribution in [3.8, 4) is 0 Å². The van der Waals surface area contributed by atoms with Gasteiger partial charge in [-0.3, -0.25) is 14.6 Å². The molecule has 4 rings (SSSR count). The van der Waals surface area contributed by atoms with E-state index in [-0.39, 0.29) is 24.3 Å². The third kappa shape index (κ3) is 6.32. The van der Waals surface area contributed by atoms with Gasteiger partial charge in [0, 0.05) is 23.7 Å². The summed E-state index contributed by atoms with van der Waals surface area (Å²) in [5.41, 5.74) is 2.98. The summed E-state index contributed by atoms with van der Waals surface area (Å²) in [4.78, 5) is 34.6. The smallest absolute Gasteiger partial charge is 0.249 e. The van der Waals surface area contributed by atoms with Gasteiger partial charge in [-0.25, -0.2) is 0 Å². The third-order valence-electron chi connectivity index (χ3n) is 6.59. The first-order chi connectivity index (χ1) is 16.6. The maximum Gasteiger partial charge on any atom is 0.249 e. The van der Waals surface area contributed by atoms with Crippen LogP contribution in [0, 0.1) is 6.92 Å². The van der Waals surface area contributed by atoms with Crippen molar-refractivity contribution in [2.24, 2.45) is 0 Å². The molecule has 1 N–H and O–H groups in total. The number of carbonyl (C=O) groups excluding carboxylic acids is 2. The van der Waals surface area contributed by atoms with Crippen LogP contribution >= 0.6 is 11.3 Å². The number of pyridine rings is 1. The van der Waals surface area contributed by atoms with E-state index in [2.05, 4.69) is 29.4 Å². The van der Waals surface area contributed by atoms with E-state index in [4.69, 9.17) is 0 Å². The molecule has 1 fully saturated rings. The first kappa shape index (κ1) is 24.1. The van der Waals surface area contributed by atoms with Crippen LogP contribution in [-0.4, -0.2) is 34.3 Å². The van der Waals surface area contributed by atoms with Gasteiger partial charge in [-0.15, -0.1) is 11.3 Å². The molecule has 0 saturated heterocycles. The first-order valence-electron chi connectivity index (χ1n) is 12.2. The summed E-state index contributed by atoms with van der Waals surface area (Å²) in [6.07, 6.45) is 8.13. The molecule has 3 aromatic rings. The summed E-state index contributed by atoms with van der Waals surface area (Å²) >= 11 is 1.57. The molecule has 1 aromatic carbocycles. The normalized spacial score (nSPS) is 15.0. The maximum absolute atomic E-state index is 13.7. The van der Waals surface area contributed by atoms with Crippen molar-refractivity contribution in [3.05, 3.63) is 87.9 Å². The van der Waals surface area contributed by atoms with E-state index in [1.165, 1.54) is 17.5 Å². The van der Waals surface area contributed by atoms with Gasteiger partial charge in [-0.1, -0.05) is 55.7 Å².